The predicted octanol–water partition coefficient (Wildman–Crippen LogP) is 1.55. The normalized spacial score (nSPS) is 27.1. The molecule has 2 N–H and O–H groups in total. The number of rotatable bonds is 7. The third-order valence-electron chi connectivity index (χ3n) is 4.26. The van der Waals surface area contributed by atoms with E-state index in [1.807, 2.05) is 0 Å². The van der Waals surface area contributed by atoms with Crippen molar-refractivity contribution in [2.24, 2.45) is 4.99 Å². The van der Waals surface area contributed by atoms with Crippen LogP contribution < -0.4 is 10.6 Å². The van der Waals surface area contributed by atoms with Gasteiger partial charge in [0, 0.05) is 30.9 Å². The van der Waals surface area contributed by atoms with Crippen molar-refractivity contribution in [1.82, 2.24) is 15.5 Å². The first kappa shape index (κ1) is 17.9. The Kier molecular flexibility index (Phi) is 7.83. The lowest BCUT2D eigenvalue weighted by Gasteiger charge is -2.26. The fourth-order valence-electron chi connectivity index (χ4n) is 2.88. The fourth-order valence-corrected chi connectivity index (χ4v) is 4.11. The number of nitrogens with one attached hydrogen (secondary N) is 2. The molecule has 6 heteroatoms. The molecule has 2 aliphatic rings. The molecule has 2 rings (SSSR count). The molecule has 5 nitrogen and oxygen atoms in total. The Morgan fingerprint density at radius 1 is 1.32 bits per heavy atom. The standard InChI is InChI=1S/C16H32N4OS/c1-3-17-15(19-14-16(2)6-4-13-22-16)18-7-5-8-20-9-11-21-12-10-20/h3-14H2,1-2H3,(H2,17,18,19). The maximum absolute atomic E-state index is 5.38. The molecule has 0 radical (unpaired) electrons. The second kappa shape index (κ2) is 9.63. The summed E-state index contributed by atoms with van der Waals surface area (Å²) in [6, 6.07) is 0. The highest BCUT2D eigenvalue weighted by Crippen LogP contribution is 2.37. The number of guanidine groups is 1. The van der Waals surface area contributed by atoms with E-state index in [4.69, 9.17) is 9.73 Å². The Labute approximate surface area is 139 Å². The van der Waals surface area contributed by atoms with Crippen molar-refractivity contribution in [3.05, 3.63) is 0 Å². The van der Waals surface area contributed by atoms with E-state index in [9.17, 15) is 0 Å². The molecule has 0 aromatic rings. The first-order valence-corrected chi connectivity index (χ1v) is 9.67. The number of ether oxygens (including phenoxy) is 1. The number of aliphatic imine (C=N–C) groups is 1. The number of hydrogen-bond donors (Lipinski definition) is 2. The third kappa shape index (κ3) is 6.34. The Balaban J connectivity index is 1.66. The Morgan fingerprint density at radius 3 is 2.82 bits per heavy atom. The molecule has 128 valence electrons. The van der Waals surface area contributed by atoms with E-state index in [0.717, 1.165) is 64.9 Å². The number of nitrogens with zero attached hydrogens (tertiary/aromatic N) is 2. The van der Waals surface area contributed by atoms with Gasteiger partial charge in [0.05, 0.1) is 19.8 Å². The van der Waals surface area contributed by atoms with Crippen LogP contribution in [0, 0.1) is 0 Å². The highest BCUT2D eigenvalue weighted by atomic mass is 32.2. The Bertz CT molecular complexity index is 339. The van der Waals surface area contributed by atoms with Gasteiger partial charge in [-0.25, -0.2) is 0 Å². The molecule has 0 saturated carbocycles. The average molecular weight is 329 g/mol. The zero-order chi connectivity index (χ0) is 15.7. The van der Waals surface area contributed by atoms with E-state index in [-0.39, 0.29) is 0 Å². The summed E-state index contributed by atoms with van der Waals surface area (Å²) in [6.07, 6.45) is 3.77. The lowest BCUT2D eigenvalue weighted by atomic mass is 10.1. The molecule has 2 aliphatic heterocycles. The minimum atomic E-state index is 0.343. The third-order valence-corrected chi connectivity index (χ3v) is 5.79. The van der Waals surface area contributed by atoms with Crippen LogP contribution in [0.15, 0.2) is 4.99 Å². The second-order valence-electron chi connectivity index (χ2n) is 6.33. The molecule has 1 atom stereocenters. The molecule has 1 unspecified atom stereocenters. The van der Waals surface area contributed by atoms with Gasteiger partial charge in [0.25, 0.3) is 0 Å². The number of hydrogen-bond acceptors (Lipinski definition) is 4. The molecule has 0 aromatic carbocycles. The number of morpholine rings is 1. The lowest BCUT2D eigenvalue weighted by molar-refractivity contribution is 0.0376. The van der Waals surface area contributed by atoms with E-state index in [1.165, 1.54) is 18.6 Å². The molecule has 0 amide bonds. The minimum absolute atomic E-state index is 0.343. The van der Waals surface area contributed by atoms with E-state index >= 15 is 0 Å². The SMILES string of the molecule is CCNC(=NCC1(C)CCCS1)NCCCN1CCOCC1. The summed E-state index contributed by atoms with van der Waals surface area (Å²) in [6.45, 7) is 12.3. The molecule has 0 aromatic heterocycles. The van der Waals surface area contributed by atoms with Gasteiger partial charge in [-0.1, -0.05) is 0 Å². The predicted molar refractivity (Wildman–Crippen MR) is 96.0 cm³/mol. The van der Waals surface area contributed by atoms with E-state index < -0.39 is 0 Å². The molecule has 2 saturated heterocycles. The summed E-state index contributed by atoms with van der Waals surface area (Å²) in [5, 5.41) is 6.83. The van der Waals surface area contributed by atoms with Crippen LogP contribution in [0.4, 0.5) is 0 Å². The average Bonchev–Trinajstić information content (AvgIpc) is 2.97. The summed E-state index contributed by atoms with van der Waals surface area (Å²) < 4.78 is 5.72. The van der Waals surface area contributed by atoms with Gasteiger partial charge in [-0.05, 0) is 45.4 Å². The van der Waals surface area contributed by atoms with E-state index in [0.29, 0.717) is 4.75 Å². The highest BCUT2D eigenvalue weighted by Gasteiger charge is 2.29. The minimum Gasteiger partial charge on any atom is -0.379 e. The van der Waals surface area contributed by atoms with Crippen molar-refractivity contribution in [3.8, 4) is 0 Å². The van der Waals surface area contributed by atoms with Gasteiger partial charge in [-0.15, -0.1) is 0 Å². The largest absolute Gasteiger partial charge is 0.379 e. The van der Waals surface area contributed by atoms with Crippen LogP contribution in [-0.2, 0) is 4.74 Å². The van der Waals surface area contributed by atoms with Crippen LogP contribution in [0.5, 0.6) is 0 Å². The van der Waals surface area contributed by atoms with Crippen molar-refractivity contribution < 1.29 is 4.74 Å². The fraction of sp³-hybridized carbons (Fsp3) is 0.938. The van der Waals surface area contributed by atoms with Gasteiger partial charge < -0.3 is 15.4 Å². The van der Waals surface area contributed by atoms with Crippen molar-refractivity contribution in [2.75, 3.05) is 58.2 Å². The molecule has 0 bridgehead atoms. The molecule has 2 heterocycles. The number of thioether (sulfide) groups is 1. The van der Waals surface area contributed by atoms with E-state index in [1.54, 1.807) is 0 Å². The Morgan fingerprint density at radius 2 is 2.14 bits per heavy atom. The summed E-state index contributed by atoms with van der Waals surface area (Å²) in [5.41, 5.74) is 0. The molecule has 22 heavy (non-hydrogen) atoms. The van der Waals surface area contributed by atoms with Crippen LogP contribution in [0.25, 0.3) is 0 Å². The van der Waals surface area contributed by atoms with Gasteiger partial charge >= 0.3 is 0 Å². The first-order chi connectivity index (χ1) is 10.7. The van der Waals surface area contributed by atoms with Gasteiger partial charge in [-0.3, -0.25) is 9.89 Å². The van der Waals surface area contributed by atoms with Crippen molar-refractivity contribution in [2.45, 2.75) is 37.9 Å². The van der Waals surface area contributed by atoms with Gasteiger partial charge in [0.15, 0.2) is 5.96 Å². The van der Waals surface area contributed by atoms with Crippen LogP contribution >= 0.6 is 11.8 Å². The smallest absolute Gasteiger partial charge is 0.191 e. The van der Waals surface area contributed by atoms with Gasteiger partial charge in [0.2, 0.25) is 0 Å². The van der Waals surface area contributed by atoms with E-state index in [2.05, 4.69) is 41.1 Å². The Hall–Kier alpha value is -0.460. The topological polar surface area (TPSA) is 48.9 Å². The van der Waals surface area contributed by atoms with Crippen LogP contribution in [-0.4, -0.2) is 73.8 Å². The quantitative estimate of drug-likeness (QED) is 0.422. The second-order valence-corrected chi connectivity index (χ2v) is 8.01. The molecule has 0 aliphatic carbocycles. The van der Waals surface area contributed by atoms with Crippen LogP contribution in [0.1, 0.15) is 33.1 Å². The zero-order valence-corrected chi connectivity index (χ0v) is 15.0. The van der Waals surface area contributed by atoms with Gasteiger partial charge in [-0.2, -0.15) is 11.8 Å². The summed E-state index contributed by atoms with van der Waals surface area (Å²) in [4.78, 5) is 7.27. The van der Waals surface area contributed by atoms with Gasteiger partial charge in [0.1, 0.15) is 0 Å². The highest BCUT2D eigenvalue weighted by molar-refractivity contribution is 8.00. The molecular weight excluding hydrogens is 296 g/mol. The van der Waals surface area contributed by atoms with Crippen LogP contribution in [0.2, 0.25) is 0 Å². The van der Waals surface area contributed by atoms with Crippen molar-refractivity contribution in [3.63, 3.8) is 0 Å². The first-order valence-electron chi connectivity index (χ1n) is 8.68. The van der Waals surface area contributed by atoms with Crippen LogP contribution in [0.3, 0.4) is 0 Å². The maximum atomic E-state index is 5.38. The lowest BCUT2D eigenvalue weighted by Crippen LogP contribution is -2.41. The van der Waals surface area contributed by atoms with Crippen molar-refractivity contribution >= 4 is 17.7 Å². The molecule has 2 fully saturated rings. The van der Waals surface area contributed by atoms with Crippen molar-refractivity contribution in [1.29, 1.82) is 0 Å². The monoisotopic (exact) mass is 328 g/mol. The summed E-state index contributed by atoms with van der Waals surface area (Å²) in [5.74, 6) is 2.26. The summed E-state index contributed by atoms with van der Waals surface area (Å²) >= 11 is 2.07. The summed E-state index contributed by atoms with van der Waals surface area (Å²) in [7, 11) is 0. The maximum Gasteiger partial charge on any atom is 0.191 e. The molecular formula is C16H32N4OS. The molecule has 0 spiro atoms. The zero-order valence-electron chi connectivity index (χ0n) is 14.2.